The molecule has 7 heteroatoms. The fourth-order valence-electron chi connectivity index (χ4n) is 2.48. The van der Waals surface area contributed by atoms with E-state index in [1.54, 1.807) is 6.92 Å². The predicted molar refractivity (Wildman–Crippen MR) is 73.5 cm³/mol. The van der Waals surface area contributed by atoms with Crippen LogP contribution in [0.25, 0.3) is 0 Å². The minimum atomic E-state index is -4.58. The van der Waals surface area contributed by atoms with Crippen molar-refractivity contribution in [3.05, 3.63) is 29.8 Å². The Labute approximate surface area is 126 Å². The highest BCUT2D eigenvalue weighted by Gasteiger charge is 2.43. The second kappa shape index (κ2) is 6.56. The van der Waals surface area contributed by atoms with Gasteiger partial charge in [-0.25, -0.2) is 0 Å². The lowest BCUT2D eigenvalue weighted by Crippen LogP contribution is -2.42. The molecule has 1 aliphatic rings. The van der Waals surface area contributed by atoms with Gasteiger partial charge in [0.2, 0.25) is 5.91 Å². The third-order valence-electron chi connectivity index (χ3n) is 3.78. The molecule has 3 atom stereocenters. The van der Waals surface area contributed by atoms with Crippen LogP contribution in [0, 0.1) is 5.92 Å². The summed E-state index contributed by atoms with van der Waals surface area (Å²) in [6.45, 7) is 2.08. The largest absolute Gasteiger partial charge is 0.497 e. The monoisotopic (exact) mass is 317 g/mol. The summed E-state index contributed by atoms with van der Waals surface area (Å²) in [6.07, 6.45) is -4.52. The Kier molecular flexibility index (Phi) is 4.95. The quantitative estimate of drug-likeness (QED) is 0.929. The molecule has 0 aromatic heterocycles. The van der Waals surface area contributed by atoms with Crippen LogP contribution >= 0.6 is 0 Å². The van der Waals surface area contributed by atoms with Crippen LogP contribution in [-0.2, 0) is 9.53 Å². The summed E-state index contributed by atoms with van der Waals surface area (Å²) in [5.41, 5.74) is -0.0341. The molecule has 0 bridgehead atoms. The van der Waals surface area contributed by atoms with Gasteiger partial charge in [-0.3, -0.25) is 4.79 Å². The zero-order chi connectivity index (χ0) is 16.3. The van der Waals surface area contributed by atoms with Crippen LogP contribution in [0.1, 0.15) is 24.9 Å². The number of halogens is 3. The predicted octanol–water partition coefficient (Wildman–Crippen LogP) is 2.84. The van der Waals surface area contributed by atoms with Crippen molar-refractivity contribution in [2.45, 2.75) is 31.7 Å². The highest BCUT2D eigenvalue weighted by atomic mass is 19.4. The third kappa shape index (κ3) is 3.71. The van der Waals surface area contributed by atoms with Gasteiger partial charge in [0.05, 0.1) is 19.1 Å². The van der Waals surface area contributed by atoms with E-state index in [4.69, 9.17) is 9.47 Å². The number of amides is 1. The van der Waals surface area contributed by atoms with Gasteiger partial charge in [-0.2, -0.15) is 13.2 Å². The maximum Gasteiger partial charge on any atom is 0.412 e. The fraction of sp³-hybridized carbons (Fsp3) is 0.533. The minimum Gasteiger partial charge on any atom is -0.497 e. The van der Waals surface area contributed by atoms with Gasteiger partial charge < -0.3 is 14.8 Å². The molecule has 1 aliphatic heterocycles. The molecule has 1 amide bonds. The number of rotatable bonds is 4. The van der Waals surface area contributed by atoms with Crippen LogP contribution in [-0.4, -0.2) is 31.9 Å². The number of methoxy groups -OCH3 is 1. The number of nitrogens with one attached hydrogen (secondary N) is 1. The maximum atomic E-state index is 13.3. The van der Waals surface area contributed by atoms with Crippen molar-refractivity contribution in [1.29, 1.82) is 0 Å². The van der Waals surface area contributed by atoms with E-state index in [0.717, 1.165) is 0 Å². The molecule has 1 saturated heterocycles. The van der Waals surface area contributed by atoms with Crippen molar-refractivity contribution in [3.8, 4) is 5.75 Å². The minimum absolute atomic E-state index is 0.0341. The van der Waals surface area contributed by atoms with Crippen molar-refractivity contribution < 1.29 is 27.4 Å². The van der Waals surface area contributed by atoms with Crippen molar-refractivity contribution in [1.82, 2.24) is 5.32 Å². The van der Waals surface area contributed by atoms with E-state index in [-0.39, 0.29) is 11.7 Å². The molecule has 122 valence electrons. The summed E-state index contributed by atoms with van der Waals surface area (Å²) in [6, 6.07) is 3.42. The van der Waals surface area contributed by atoms with Gasteiger partial charge >= 0.3 is 6.18 Å². The maximum absolute atomic E-state index is 13.3. The van der Waals surface area contributed by atoms with E-state index in [1.807, 2.05) is 0 Å². The lowest BCUT2D eigenvalue weighted by Gasteiger charge is -2.24. The highest BCUT2D eigenvalue weighted by molar-refractivity contribution is 5.80. The van der Waals surface area contributed by atoms with Crippen LogP contribution in [0.5, 0.6) is 5.75 Å². The van der Waals surface area contributed by atoms with E-state index in [0.29, 0.717) is 18.8 Å². The SMILES string of the molecule is COc1ccc([C@H](NC(=O)[C@H]2CCO[C@H]2C)C(F)(F)F)cc1. The van der Waals surface area contributed by atoms with Crippen LogP contribution in [0.3, 0.4) is 0 Å². The third-order valence-corrected chi connectivity index (χ3v) is 3.78. The topological polar surface area (TPSA) is 47.6 Å². The van der Waals surface area contributed by atoms with Crippen molar-refractivity contribution >= 4 is 5.91 Å². The Balaban J connectivity index is 2.17. The van der Waals surface area contributed by atoms with E-state index in [9.17, 15) is 18.0 Å². The molecule has 1 fully saturated rings. The van der Waals surface area contributed by atoms with Crippen LogP contribution in [0.15, 0.2) is 24.3 Å². The lowest BCUT2D eigenvalue weighted by molar-refractivity contribution is -0.165. The van der Waals surface area contributed by atoms with E-state index in [1.165, 1.54) is 31.4 Å². The number of carbonyl (C=O) groups is 1. The molecule has 1 aromatic rings. The Morgan fingerprint density at radius 3 is 2.45 bits per heavy atom. The molecular formula is C15H18F3NO3. The van der Waals surface area contributed by atoms with Crippen LogP contribution in [0.2, 0.25) is 0 Å². The number of hydrogen-bond acceptors (Lipinski definition) is 3. The highest BCUT2D eigenvalue weighted by Crippen LogP contribution is 2.34. The summed E-state index contributed by atoms with van der Waals surface area (Å²) in [5.74, 6) is -0.736. The molecule has 1 N–H and O–H groups in total. The number of ether oxygens (including phenoxy) is 2. The van der Waals surface area contributed by atoms with Gasteiger partial charge in [0.1, 0.15) is 5.75 Å². The molecule has 4 nitrogen and oxygen atoms in total. The summed E-state index contributed by atoms with van der Waals surface area (Å²) in [4.78, 5) is 12.1. The summed E-state index contributed by atoms with van der Waals surface area (Å²) in [7, 11) is 1.43. The van der Waals surface area contributed by atoms with Crippen LogP contribution in [0.4, 0.5) is 13.2 Å². The first-order chi connectivity index (χ1) is 10.3. The van der Waals surface area contributed by atoms with Gasteiger partial charge in [-0.15, -0.1) is 0 Å². The Hall–Kier alpha value is -1.76. The van der Waals surface area contributed by atoms with E-state index in [2.05, 4.69) is 5.32 Å². The Morgan fingerprint density at radius 2 is 2.00 bits per heavy atom. The zero-order valence-corrected chi connectivity index (χ0v) is 12.3. The molecule has 0 aliphatic carbocycles. The second-order valence-corrected chi connectivity index (χ2v) is 5.23. The zero-order valence-electron chi connectivity index (χ0n) is 12.3. The van der Waals surface area contributed by atoms with Gasteiger partial charge in [0, 0.05) is 6.61 Å². The standard InChI is InChI=1S/C15H18F3NO3/c1-9-12(7-8-22-9)14(20)19-13(15(16,17)18)10-3-5-11(21-2)6-4-10/h3-6,9,12-13H,7-8H2,1-2H3,(H,19,20)/t9-,12-,13-/m0/s1. The molecule has 22 heavy (non-hydrogen) atoms. The molecule has 0 spiro atoms. The molecule has 1 aromatic carbocycles. The van der Waals surface area contributed by atoms with Crippen molar-refractivity contribution in [2.24, 2.45) is 5.92 Å². The number of hydrogen-bond donors (Lipinski definition) is 1. The molecule has 1 heterocycles. The average molecular weight is 317 g/mol. The van der Waals surface area contributed by atoms with Crippen molar-refractivity contribution in [2.75, 3.05) is 13.7 Å². The first-order valence-corrected chi connectivity index (χ1v) is 6.95. The summed E-state index contributed by atoms with van der Waals surface area (Å²) in [5, 5.41) is 2.10. The summed E-state index contributed by atoms with van der Waals surface area (Å²) >= 11 is 0. The Morgan fingerprint density at radius 1 is 1.36 bits per heavy atom. The van der Waals surface area contributed by atoms with E-state index >= 15 is 0 Å². The lowest BCUT2D eigenvalue weighted by atomic mass is 9.99. The van der Waals surface area contributed by atoms with Gasteiger partial charge in [-0.1, -0.05) is 12.1 Å². The average Bonchev–Trinajstić information content (AvgIpc) is 2.90. The smallest absolute Gasteiger partial charge is 0.412 e. The molecule has 2 rings (SSSR count). The fourth-order valence-corrected chi connectivity index (χ4v) is 2.48. The number of carbonyl (C=O) groups excluding carboxylic acids is 1. The van der Waals surface area contributed by atoms with Crippen LogP contribution < -0.4 is 10.1 Å². The van der Waals surface area contributed by atoms with Gasteiger partial charge in [0.15, 0.2) is 6.04 Å². The molecular weight excluding hydrogens is 299 g/mol. The summed E-state index contributed by atoms with van der Waals surface area (Å²) < 4.78 is 49.9. The normalized spacial score (nSPS) is 23.1. The second-order valence-electron chi connectivity index (χ2n) is 5.23. The van der Waals surface area contributed by atoms with Gasteiger partial charge in [-0.05, 0) is 31.0 Å². The number of alkyl halides is 3. The Bertz CT molecular complexity index is 516. The van der Waals surface area contributed by atoms with E-state index < -0.39 is 24.0 Å². The molecule has 0 saturated carbocycles. The molecule has 0 unspecified atom stereocenters. The first kappa shape index (κ1) is 16.6. The molecule has 0 radical (unpaired) electrons. The first-order valence-electron chi connectivity index (χ1n) is 6.95. The van der Waals surface area contributed by atoms with Crippen molar-refractivity contribution in [3.63, 3.8) is 0 Å². The van der Waals surface area contributed by atoms with Gasteiger partial charge in [0.25, 0.3) is 0 Å². The number of benzene rings is 1.